The molecule has 1 amide bonds. The van der Waals surface area contributed by atoms with E-state index in [1.807, 2.05) is 0 Å². The van der Waals surface area contributed by atoms with Gasteiger partial charge >= 0.3 is 0 Å². The molecule has 0 spiro atoms. The van der Waals surface area contributed by atoms with Crippen molar-refractivity contribution in [2.75, 3.05) is 10.6 Å². The Balaban J connectivity index is 1.75. The maximum atomic E-state index is 13.2. The number of benzene rings is 1. The molecule has 1 aliphatic rings. The van der Waals surface area contributed by atoms with Crippen molar-refractivity contribution in [2.45, 2.75) is 38.6 Å². The van der Waals surface area contributed by atoms with E-state index in [0.717, 1.165) is 25.0 Å². The lowest BCUT2D eigenvalue weighted by Gasteiger charge is -2.14. The van der Waals surface area contributed by atoms with Crippen molar-refractivity contribution in [1.29, 1.82) is 0 Å². The molecule has 2 N–H and O–H groups in total. The second kappa shape index (κ2) is 6.90. The molecule has 5 nitrogen and oxygen atoms in total. The highest BCUT2D eigenvalue weighted by molar-refractivity contribution is 6.03. The third kappa shape index (κ3) is 3.84. The quantitative estimate of drug-likeness (QED) is 0.896. The van der Waals surface area contributed by atoms with Crippen LogP contribution in [0.1, 0.15) is 42.0 Å². The molecule has 2 aromatic rings. The number of nitrogens with zero attached hydrogens (tertiary/aromatic N) is 2. The standard InChI is InChI=1S/C17H18F2N4O/c1-10-20-15(9-16(21-10)22-11-4-2-3-5-11)17(24)23-12-6-7-13(18)14(19)8-12/h6-9,11H,2-5H2,1H3,(H,23,24)(H,20,21,22). The van der Waals surface area contributed by atoms with Crippen molar-refractivity contribution in [2.24, 2.45) is 0 Å². The van der Waals surface area contributed by atoms with Gasteiger partial charge in [0.1, 0.15) is 17.3 Å². The van der Waals surface area contributed by atoms with Gasteiger partial charge in [-0.1, -0.05) is 12.8 Å². The lowest BCUT2D eigenvalue weighted by atomic mass is 10.2. The minimum absolute atomic E-state index is 0.167. The fraction of sp³-hybridized carbons (Fsp3) is 0.353. The number of rotatable bonds is 4. The molecular weight excluding hydrogens is 314 g/mol. The Labute approximate surface area is 138 Å². The van der Waals surface area contributed by atoms with Crippen LogP contribution in [0.2, 0.25) is 0 Å². The monoisotopic (exact) mass is 332 g/mol. The van der Waals surface area contributed by atoms with E-state index >= 15 is 0 Å². The fourth-order valence-corrected chi connectivity index (χ4v) is 2.81. The van der Waals surface area contributed by atoms with Crippen LogP contribution >= 0.6 is 0 Å². The SMILES string of the molecule is Cc1nc(NC2CCCC2)cc(C(=O)Nc2ccc(F)c(F)c2)n1. The van der Waals surface area contributed by atoms with Crippen LogP contribution in [0.5, 0.6) is 0 Å². The maximum Gasteiger partial charge on any atom is 0.274 e. The summed E-state index contributed by atoms with van der Waals surface area (Å²) < 4.78 is 26.2. The first-order valence-corrected chi connectivity index (χ1v) is 7.90. The fourth-order valence-electron chi connectivity index (χ4n) is 2.81. The van der Waals surface area contributed by atoms with E-state index in [0.29, 0.717) is 17.7 Å². The average molecular weight is 332 g/mol. The van der Waals surface area contributed by atoms with Crippen LogP contribution < -0.4 is 10.6 Å². The van der Waals surface area contributed by atoms with Gasteiger partial charge in [-0.05, 0) is 31.9 Å². The number of hydrogen-bond acceptors (Lipinski definition) is 4. The number of anilines is 2. The summed E-state index contributed by atoms with van der Waals surface area (Å²) in [6, 6.07) is 5.12. The lowest BCUT2D eigenvalue weighted by molar-refractivity contribution is 0.102. The van der Waals surface area contributed by atoms with Crippen molar-refractivity contribution < 1.29 is 13.6 Å². The molecule has 0 saturated heterocycles. The Hall–Kier alpha value is -2.57. The van der Waals surface area contributed by atoms with Gasteiger partial charge in [0.15, 0.2) is 11.6 Å². The molecule has 0 radical (unpaired) electrons. The van der Waals surface area contributed by atoms with Gasteiger partial charge in [0.2, 0.25) is 0 Å². The molecule has 0 aliphatic heterocycles. The highest BCUT2D eigenvalue weighted by Crippen LogP contribution is 2.22. The summed E-state index contributed by atoms with van der Waals surface area (Å²) in [7, 11) is 0. The van der Waals surface area contributed by atoms with Crippen LogP contribution in [0.4, 0.5) is 20.3 Å². The van der Waals surface area contributed by atoms with Crippen molar-refractivity contribution in [1.82, 2.24) is 9.97 Å². The minimum atomic E-state index is -1.02. The minimum Gasteiger partial charge on any atom is -0.367 e. The van der Waals surface area contributed by atoms with Gasteiger partial charge in [-0.25, -0.2) is 18.7 Å². The zero-order chi connectivity index (χ0) is 17.1. The van der Waals surface area contributed by atoms with Crippen molar-refractivity contribution in [3.63, 3.8) is 0 Å². The van der Waals surface area contributed by atoms with Crippen molar-refractivity contribution in [3.8, 4) is 0 Å². The van der Waals surface area contributed by atoms with Crippen LogP contribution in [-0.4, -0.2) is 21.9 Å². The number of aryl methyl sites for hydroxylation is 1. The smallest absolute Gasteiger partial charge is 0.274 e. The molecule has 0 bridgehead atoms. The van der Waals surface area contributed by atoms with Gasteiger partial charge in [-0.15, -0.1) is 0 Å². The number of carbonyl (C=O) groups excluding carboxylic acids is 1. The van der Waals surface area contributed by atoms with Crippen molar-refractivity contribution >= 4 is 17.4 Å². The second-order valence-corrected chi connectivity index (χ2v) is 5.89. The third-order valence-corrected chi connectivity index (χ3v) is 3.96. The topological polar surface area (TPSA) is 66.9 Å². The van der Waals surface area contributed by atoms with Gasteiger partial charge in [-0.3, -0.25) is 4.79 Å². The Kier molecular flexibility index (Phi) is 4.69. The molecule has 1 aromatic carbocycles. The normalized spacial score (nSPS) is 14.6. The van der Waals surface area contributed by atoms with E-state index in [1.54, 1.807) is 13.0 Å². The van der Waals surface area contributed by atoms with E-state index < -0.39 is 17.5 Å². The highest BCUT2D eigenvalue weighted by atomic mass is 19.2. The van der Waals surface area contributed by atoms with E-state index in [2.05, 4.69) is 20.6 Å². The predicted octanol–water partition coefficient (Wildman–Crippen LogP) is 3.67. The van der Waals surface area contributed by atoms with Crippen LogP contribution in [0, 0.1) is 18.6 Å². The summed E-state index contributed by atoms with van der Waals surface area (Å²) >= 11 is 0. The Morgan fingerprint density at radius 3 is 2.58 bits per heavy atom. The average Bonchev–Trinajstić information content (AvgIpc) is 3.03. The van der Waals surface area contributed by atoms with E-state index in [-0.39, 0.29) is 11.4 Å². The van der Waals surface area contributed by atoms with Gasteiger partial charge in [0.05, 0.1) is 0 Å². The van der Waals surface area contributed by atoms with Crippen LogP contribution in [0.25, 0.3) is 0 Å². The van der Waals surface area contributed by atoms with Crippen molar-refractivity contribution in [3.05, 3.63) is 47.4 Å². The first-order chi connectivity index (χ1) is 11.5. The van der Waals surface area contributed by atoms with Gasteiger partial charge in [0, 0.05) is 23.9 Å². The number of nitrogens with one attached hydrogen (secondary N) is 2. The number of carbonyl (C=O) groups is 1. The van der Waals surface area contributed by atoms with Crippen LogP contribution in [0.15, 0.2) is 24.3 Å². The van der Waals surface area contributed by atoms with Gasteiger partial charge in [0.25, 0.3) is 5.91 Å². The van der Waals surface area contributed by atoms with E-state index in [4.69, 9.17) is 0 Å². The first kappa shape index (κ1) is 16.3. The number of hydrogen-bond donors (Lipinski definition) is 2. The molecule has 126 valence electrons. The molecule has 1 aliphatic carbocycles. The summed E-state index contributed by atoms with van der Waals surface area (Å²) in [5.41, 5.74) is 0.341. The highest BCUT2D eigenvalue weighted by Gasteiger charge is 2.17. The molecule has 1 fully saturated rings. The second-order valence-electron chi connectivity index (χ2n) is 5.89. The Morgan fingerprint density at radius 1 is 1.12 bits per heavy atom. The van der Waals surface area contributed by atoms with Crippen LogP contribution in [0.3, 0.4) is 0 Å². The van der Waals surface area contributed by atoms with Gasteiger partial charge < -0.3 is 10.6 Å². The zero-order valence-corrected chi connectivity index (χ0v) is 13.3. The molecule has 24 heavy (non-hydrogen) atoms. The number of aromatic nitrogens is 2. The molecule has 1 heterocycles. The van der Waals surface area contributed by atoms with Crippen LogP contribution in [-0.2, 0) is 0 Å². The lowest BCUT2D eigenvalue weighted by Crippen LogP contribution is -2.19. The third-order valence-electron chi connectivity index (χ3n) is 3.96. The molecule has 0 atom stereocenters. The molecule has 1 aromatic heterocycles. The summed E-state index contributed by atoms with van der Waals surface area (Å²) in [5, 5.41) is 5.83. The Bertz CT molecular complexity index is 760. The number of amides is 1. The predicted molar refractivity (Wildman–Crippen MR) is 87.0 cm³/mol. The zero-order valence-electron chi connectivity index (χ0n) is 13.3. The summed E-state index contributed by atoms with van der Waals surface area (Å²) in [5.74, 6) is -1.41. The molecule has 3 rings (SSSR count). The first-order valence-electron chi connectivity index (χ1n) is 7.90. The van der Waals surface area contributed by atoms with Gasteiger partial charge in [-0.2, -0.15) is 0 Å². The largest absolute Gasteiger partial charge is 0.367 e. The van der Waals surface area contributed by atoms with E-state index in [1.165, 1.54) is 18.9 Å². The maximum absolute atomic E-state index is 13.2. The number of halogens is 2. The molecule has 7 heteroatoms. The summed E-state index contributed by atoms with van der Waals surface area (Å²) in [6.07, 6.45) is 4.54. The molecule has 1 saturated carbocycles. The summed E-state index contributed by atoms with van der Waals surface area (Å²) in [6.45, 7) is 1.70. The van der Waals surface area contributed by atoms with E-state index in [9.17, 15) is 13.6 Å². The Morgan fingerprint density at radius 2 is 1.88 bits per heavy atom. The summed E-state index contributed by atoms with van der Waals surface area (Å²) in [4.78, 5) is 20.7. The molecular formula is C17H18F2N4O. The molecule has 0 unspecified atom stereocenters.